The van der Waals surface area contributed by atoms with E-state index in [2.05, 4.69) is 13.8 Å². The minimum absolute atomic E-state index is 0.0237. The quantitative estimate of drug-likeness (QED) is 0.487. The zero-order valence-corrected chi connectivity index (χ0v) is 18.1. The topological polar surface area (TPSA) is 65.0 Å². The number of hydrogen-bond donors (Lipinski definition) is 1. The van der Waals surface area contributed by atoms with Crippen LogP contribution in [-0.2, 0) is 14.3 Å². The van der Waals surface area contributed by atoms with Crippen LogP contribution in [0, 0.1) is 5.82 Å². The zero-order valence-electron chi connectivity index (χ0n) is 18.1. The molecule has 0 aromatic heterocycles. The maximum Gasteiger partial charge on any atom is 0.309 e. The Morgan fingerprint density at radius 1 is 1.23 bits per heavy atom. The molecule has 6 heteroatoms. The fourth-order valence-electron chi connectivity index (χ4n) is 3.64. The summed E-state index contributed by atoms with van der Waals surface area (Å²) in [6.07, 6.45) is 2.92. The van der Waals surface area contributed by atoms with Crippen LogP contribution in [0.25, 0.3) is 17.2 Å². The van der Waals surface area contributed by atoms with Crippen molar-refractivity contribution in [3.05, 3.63) is 59.4 Å². The fraction of sp³-hybridized carbons (Fsp3) is 0.400. The van der Waals surface area contributed by atoms with Crippen molar-refractivity contribution in [3.8, 4) is 16.9 Å². The maximum atomic E-state index is 13.5. The number of esters is 1. The number of hydrogen-bond acceptors (Lipinski definition) is 5. The summed E-state index contributed by atoms with van der Waals surface area (Å²) in [5.74, 6) is 0.180. The van der Waals surface area contributed by atoms with Crippen molar-refractivity contribution < 1.29 is 28.5 Å². The van der Waals surface area contributed by atoms with Crippen LogP contribution >= 0.6 is 0 Å². The van der Waals surface area contributed by atoms with Gasteiger partial charge in [-0.2, -0.15) is 0 Å². The lowest BCUT2D eigenvalue weighted by Gasteiger charge is -2.24. The average molecular weight is 429 g/mol. The van der Waals surface area contributed by atoms with Gasteiger partial charge in [0.15, 0.2) is 0 Å². The smallest absolute Gasteiger partial charge is 0.309 e. The van der Waals surface area contributed by atoms with Gasteiger partial charge < -0.3 is 19.3 Å². The third-order valence-corrected chi connectivity index (χ3v) is 5.19. The molecule has 31 heavy (non-hydrogen) atoms. The van der Waals surface area contributed by atoms with Crippen LogP contribution in [0.3, 0.4) is 0 Å². The molecule has 0 radical (unpaired) electrons. The Morgan fingerprint density at radius 3 is 2.61 bits per heavy atom. The largest absolute Gasteiger partial charge is 0.491 e. The summed E-state index contributed by atoms with van der Waals surface area (Å²) >= 11 is 0. The lowest BCUT2D eigenvalue weighted by Crippen LogP contribution is -2.31. The molecule has 1 aliphatic heterocycles. The van der Waals surface area contributed by atoms with Crippen molar-refractivity contribution in [2.24, 2.45) is 0 Å². The summed E-state index contributed by atoms with van der Waals surface area (Å²) in [7, 11) is 1.62. The van der Waals surface area contributed by atoms with Gasteiger partial charge in [-0.25, -0.2) is 4.39 Å². The number of aliphatic hydroxyl groups excluding tert-OH is 1. The van der Waals surface area contributed by atoms with Crippen molar-refractivity contribution in [1.82, 2.24) is 0 Å². The molecule has 1 N–H and O–H groups in total. The van der Waals surface area contributed by atoms with E-state index in [1.807, 2.05) is 18.2 Å². The van der Waals surface area contributed by atoms with Gasteiger partial charge in [0.05, 0.1) is 19.1 Å². The van der Waals surface area contributed by atoms with Crippen LogP contribution in [0.2, 0.25) is 0 Å². The van der Waals surface area contributed by atoms with Gasteiger partial charge >= 0.3 is 5.97 Å². The number of methoxy groups -OCH3 is 1. The van der Waals surface area contributed by atoms with Crippen molar-refractivity contribution in [2.75, 3.05) is 20.3 Å². The number of cyclic esters (lactones) is 1. The molecule has 0 bridgehead atoms. The molecule has 1 aliphatic rings. The number of ether oxygens (including phenoxy) is 3. The first-order valence-electron chi connectivity index (χ1n) is 10.5. The monoisotopic (exact) mass is 428 g/mol. The molecule has 2 aromatic rings. The lowest BCUT2D eigenvalue weighted by atomic mass is 9.89. The standard InChI is InChI=1S/C25H29FO5/c1-16(2)23-14-21(30-11-10-29-3)15-24(17-4-6-18(26)7-5-17)22(23)9-8-20-12-19(27)13-25(28)31-20/h4-9,14-16,19-20,27H,10-13H2,1-3H3/b9-8+. The van der Waals surface area contributed by atoms with Gasteiger partial charge in [0.25, 0.3) is 0 Å². The molecule has 1 fully saturated rings. The normalized spacial score (nSPS) is 19.1. The van der Waals surface area contributed by atoms with E-state index in [1.54, 1.807) is 25.3 Å². The number of rotatable bonds is 8. The molecule has 0 spiro atoms. The average Bonchev–Trinajstić information content (AvgIpc) is 2.72. The molecule has 2 atom stereocenters. The Balaban J connectivity index is 2.04. The van der Waals surface area contributed by atoms with Gasteiger partial charge in [-0.05, 0) is 58.5 Å². The molecular formula is C25H29FO5. The van der Waals surface area contributed by atoms with Crippen molar-refractivity contribution in [3.63, 3.8) is 0 Å². The Labute approximate surface area is 182 Å². The molecule has 1 heterocycles. The van der Waals surface area contributed by atoms with E-state index in [0.29, 0.717) is 25.4 Å². The van der Waals surface area contributed by atoms with Crippen LogP contribution in [0.1, 0.15) is 43.7 Å². The first-order valence-corrected chi connectivity index (χ1v) is 10.5. The summed E-state index contributed by atoms with van der Waals surface area (Å²) in [5.41, 5.74) is 3.73. The molecule has 2 unspecified atom stereocenters. The highest BCUT2D eigenvalue weighted by atomic mass is 19.1. The second kappa shape index (κ2) is 10.6. The molecule has 5 nitrogen and oxygen atoms in total. The highest BCUT2D eigenvalue weighted by Gasteiger charge is 2.25. The number of carbonyl (C=O) groups excluding carboxylic acids is 1. The molecule has 3 rings (SSSR count). The number of carbonyl (C=O) groups is 1. The van der Waals surface area contributed by atoms with Crippen LogP contribution in [-0.4, -0.2) is 43.6 Å². The van der Waals surface area contributed by atoms with Gasteiger partial charge in [-0.15, -0.1) is 0 Å². The minimum Gasteiger partial charge on any atom is -0.491 e. The van der Waals surface area contributed by atoms with E-state index in [4.69, 9.17) is 14.2 Å². The lowest BCUT2D eigenvalue weighted by molar-refractivity contribution is -0.156. The van der Waals surface area contributed by atoms with E-state index in [0.717, 1.165) is 22.3 Å². The highest BCUT2D eigenvalue weighted by Crippen LogP contribution is 2.36. The predicted molar refractivity (Wildman–Crippen MR) is 117 cm³/mol. The first kappa shape index (κ1) is 23.0. The molecule has 2 aromatic carbocycles. The predicted octanol–water partition coefficient (Wildman–Crippen LogP) is 4.72. The molecule has 0 saturated carbocycles. The summed E-state index contributed by atoms with van der Waals surface area (Å²) in [6, 6.07) is 10.2. The minimum atomic E-state index is -0.700. The number of benzene rings is 2. The SMILES string of the molecule is COCCOc1cc(-c2ccc(F)cc2)c(/C=C/C2CC(O)CC(=O)O2)c(C(C)C)c1. The summed E-state index contributed by atoms with van der Waals surface area (Å²) in [5, 5.41) is 9.89. The first-order chi connectivity index (χ1) is 14.9. The van der Waals surface area contributed by atoms with Crippen LogP contribution in [0.15, 0.2) is 42.5 Å². The molecular weight excluding hydrogens is 399 g/mol. The molecule has 0 amide bonds. The summed E-state index contributed by atoms with van der Waals surface area (Å²) in [4.78, 5) is 11.7. The number of halogens is 1. The second-order valence-electron chi connectivity index (χ2n) is 7.96. The summed E-state index contributed by atoms with van der Waals surface area (Å²) < 4.78 is 29.8. The Bertz CT molecular complexity index is 920. The van der Waals surface area contributed by atoms with Crippen molar-refractivity contribution in [2.45, 2.75) is 44.8 Å². The van der Waals surface area contributed by atoms with E-state index in [9.17, 15) is 14.3 Å². The number of aliphatic hydroxyl groups is 1. The van der Waals surface area contributed by atoms with Gasteiger partial charge in [-0.3, -0.25) is 4.79 Å². The van der Waals surface area contributed by atoms with Gasteiger partial charge in [0, 0.05) is 13.5 Å². The Hall–Kier alpha value is -2.70. The van der Waals surface area contributed by atoms with E-state index in [-0.39, 0.29) is 18.2 Å². The fourth-order valence-corrected chi connectivity index (χ4v) is 3.64. The van der Waals surface area contributed by atoms with Crippen LogP contribution < -0.4 is 4.74 Å². The van der Waals surface area contributed by atoms with E-state index >= 15 is 0 Å². The van der Waals surface area contributed by atoms with E-state index in [1.165, 1.54) is 12.1 Å². The Kier molecular flexibility index (Phi) is 7.82. The van der Waals surface area contributed by atoms with Crippen LogP contribution in [0.4, 0.5) is 4.39 Å². The van der Waals surface area contributed by atoms with E-state index < -0.39 is 18.2 Å². The van der Waals surface area contributed by atoms with Gasteiger partial charge in [-0.1, -0.05) is 32.1 Å². The third-order valence-electron chi connectivity index (χ3n) is 5.19. The molecule has 1 saturated heterocycles. The second-order valence-corrected chi connectivity index (χ2v) is 7.96. The van der Waals surface area contributed by atoms with Crippen molar-refractivity contribution in [1.29, 1.82) is 0 Å². The van der Waals surface area contributed by atoms with Crippen molar-refractivity contribution >= 4 is 12.0 Å². The third kappa shape index (κ3) is 6.15. The molecule has 166 valence electrons. The zero-order chi connectivity index (χ0) is 22.4. The van der Waals surface area contributed by atoms with Crippen LogP contribution in [0.5, 0.6) is 5.75 Å². The van der Waals surface area contributed by atoms with Gasteiger partial charge in [0.1, 0.15) is 24.3 Å². The Morgan fingerprint density at radius 2 is 1.97 bits per heavy atom. The maximum absolute atomic E-state index is 13.5. The highest BCUT2D eigenvalue weighted by molar-refractivity contribution is 5.79. The molecule has 0 aliphatic carbocycles. The van der Waals surface area contributed by atoms with Gasteiger partial charge in [0.2, 0.25) is 0 Å². The summed E-state index contributed by atoms with van der Waals surface area (Å²) in [6.45, 7) is 5.07.